The van der Waals surface area contributed by atoms with E-state index in [9.17, 15) is 4.79 Å². The number of hydrogen-bond donors (Lipinski definition) is 1. The van der Waals surface area contributed by atoms with Crippen LogP contribution in [-0.2, 0) is 6.54 Å². The molecule has 2 aromatic heterocycles. The van der Waals surface area contributed by atoms with E-state index in [-0.39, 0.29) is 5.91 Å². The number of carbonyl (C=O) groups is 1. The molecule has 0 radical (unpaired) electrons. The quantitative estimate of drug-likeness (QED) is 0.801. The zero-order valence-electron chi connectivity index (χ0n) is 12.1. The highest BCUT2D eigenvalue weighted by atomic mass is 16.1. The highest BCUT2D eigenvalue weighted by Crippen LogP contribution is 2.09. The molecule has 22 heavy (non-hydrogen) atoms. The second-order valence-electron chi connectivity index (χ2n) is 4.91. The van der Waals surface area contributed by atoms with Crippen LogP contribution in [0.1, 0.15) is 21.6 Å². The Labute approximate surface area is 127 Å². The van der Waals surface area contributed by atoms with Crippen molar-refractivity contribution in [3.05, 3.63) is 71.9 Å². The van der Waals surface area contributed by atoms with Crippen LogP contribution < -0.4 is 5.32 Å². The Kier molecular flexibility index (Phi) is 3.91. The van der Waals surface area contributed by atoms with E-state index in [1.54, 1.807) is 29.2 Å². The van der Waals surface area contributed by atoms with Crippen molar-refractivity contribution in [1.82, 2.24) is 19.7 Å². The number of benzene rings is 1. The Morgan fingerprint density at radius 1 is 1.18 bits per heavy atom. The molecule has 0 saturated carbocycles. The molecule has 1 N–H and O–H groups in total. The molecule has 0 aliphatic heterocycles. The lowest BCUT2D eigenvalue weighted by atomic mass is 10.1. The van der Waals surface area contributed by atoms with E-state index in [4.69, 9.17) is 0 Å². The fourth-order valence-corrected chi connectivity index (χ4v) is 2.06. The molecule has 0 atom stereocenters. The second-order valence-corrected chi connectivity index (χ2v) is 4.91. The molecule has 0 spiro atoms. The molecule has 0 unspecified atom stereocenters. The molecule has 6 nitrogen and oxygen atoms in total. The number of pyridine rings is 1. The number of aryl methyl sites for hydroxylation is 1. The molecular weight excluding hydrogens is 278 g/mol. The van der Waals surface area contributed by atoms with E-state index >= 15 is 0 Å². The van der Waals surface area contributed by atoms with E-state index in [0.717, 1.165) is 11.3 Å². The third kappa shape index (κ3) is 3.35. The standard InChI is InChI=1S/C16H15N5O/c1-12-3-2-4-15(19-12)20-16(22)14-7-5-13(6-8-14)9-21-11-17-10-18-21/h2-8,10-11H,9H2,1H3,(H,19,20,22). The van der Waals surface area contributed by atoms with Gasteiger partial charge in [0.1, 0.15) is 18.5 Å². The van der Waals surface area contributed by atoms with Gasteiger partial charge in [-0.15, -0.1) is 0 Å². The Morgan fingerprint density at radius 2 is 2.00 bits per heavy atom. The van der Waals surface area contributed by atoms with Crippen LogP contribution in [-0.4, -0.2) is 25.7 Å². The first kappa shape index (κ1) is 13.9. The van der Waals surface area contributed by atoms with Crippen molar-refractivity contribution in [1.29, 1.82) is 0 Å². The highest BCUT2D eigenvalue weighted by molar-refractivity contribution is 6.03. The lowest BCUT2D eigenvalue weighted by Gasteiger charge is -2.06. The summed E-state index contributed by atoms with van der Waals surface area (Å²) in [4.78, 5) is 20.3. The number of nitrogens with one attached hydrogen (secondary N) is 1. The minimum atomic E-state index is -0.176. The first-order valence-electron chi connectivity index (χ1n) is 6.87. The van der Waals surface area contributed by atoms with E-state index in [2.05, 4.69) is 20.4 Å². The van der Waals surface area contributed by atoms with Gasteiger partial charge in [-0.3, -0.25) is 4.79 Å². The lowest BCUT2D eigenvalue weighted by molar-refractivity contribution is 0.102. The van der Waals surface area contributed by atoms with Crippen LogP contribution in [0.2, 0.25) is 0 Å². The summed E-state index contributed by atoms with van der Waals surface area (Å²) in [6.07, 6.45) is 3.15. The summed E-state index contributed by atoms with van der Waals surface area (Å²) in [5, 5.41) is 6.84. The molecule has 0 fully saturated rings. The molecular formula is C16H15N5O. The first-order valence-corrected chi connectivity index (χ1v) is 6.87. The van der Waals surface area contributed by atoms with E-state index in [1.807, 2.05) is 31.2 Å². The Hall–Kier alpha value is -3.02. The SMILES string of the molecule is Cc1cccc(NC(=O)c2ccc(Cn3cncn3)cc2)n1. The van der Waals surface area contributed by atoms with Crippen LogP contribution in [0.4, 0.5) is 5.82 Å². The van der Waals surface area contributed by atoms with Crippen molar-refractivity contribution in [2.24, 2.45) is 0 Å². The number of hydrogen-bond acceptors (Lipinski definition) is 4. The van der Waals surface area contributed by atoms with Gasteiger partial charge < -0.3 is 5.32 Å². The zero-order valence-corrected chi connectivity index (χ0v) is 12.1. The van der Waals surface area contributed by atoms with E-state index in [0.29, 0.717) is 17.9 Å². The molecule has 2 heterocycles. The van der Waals surface area contributed by atoms with Crippen molar-refractivity contribution >= 4 is 11.7 Å². The third-order valence-corrected chi connectivity index (χ3v) is 3.16. The molecule has 0 aliphatic rings. The summed E-state index contributed by atoms with van der Waals surface area (Å²) < 4.78 is 1.73. The van der Waals surface area contributed by atoms with Gasteiger partial charge in [0.05, 0.1) is 6.54 Å². The maximum Gasteiger partial charge on any atom is 0.256 e. The number of rotatable bonds is 4. The van der Waals surface area contributed by atoms with Crippen LogP contribution in [0.15, 0.2) is 55.1 Å². The lowest BCUT2D eigenvalue weighted by Crippen LogP contribution is -2.13. The Balaban J connectivity index is 1.68. The predicted molar refractivity (Wildman–Crippen MR) is 82.5 cm³/mol. The van der Waals surface area contributed by atoms with Crippen molar-refractivity contribution in [2.75, 3.05) is 5.32 Å². The molecule has 110 valence electrons. The van der Waals surface area contributed by atoms with Crippen molar-refractivity contribution in [3.63, 3.8) is 0 Å². The average Bonchev–Trinajstić information content (AvgIpc) is 3.01. The second kappa shape index (κ2) is 6.17. The number of anilines is 1. The average molecular weight is 293 g/mol. The third-order valence-electron chi connectivity index (χ3n) is 3.16. The first-order chi connectivity index (χ1) is 10.7. The van der Waals surface area contributed by atoms with Crippen LogP contribution >= 0.6 is 0 Å². The molecule has 1 amide bonds. The predicted octanol–water partition coefficient (Wildman–Crippen LogP) is 2.28. The van der Waals surface area contributed by atoms with Gasteiger partial charge in [0.15, 0.2) is 0 Å². The van der Waals surface area contributed by atoms with Gasteiger partial charge in [-0.25, -0.2) is 14.6 Å². The Bertz CT molecular complexity index is 765. The number of aromatic nitrogens is 4. The van der Waals surface area contributed by atoms with Gasteiger partial charge in [-0.1, -0.05) is 18.2 Å². The van der Waals surface area contributed by atoms with E-state index in [1.165, 1.54) is 6.33 Å². The van der Waals surface area contributed by atoms with Gasteiger partial charge >= 0.3 is 0 Å². The van der Waals surface area contributed by atoms with Crippen LogP contribution in [0.5, 0.6) is 0 Å². The van der Waals surface area contributed by atoms with Gasteiger partial charge in [-0.05, 0) is 36.8 Å². The van der Waals surface area contributed by atoms with Crippen molar-refractivity contribution < 1.29 is 4.79 Å². The minimum absolute atomic E-state index is 0.176. The normalized spacial score (nSPS) is 10.4. The molecule has 0 saturated heterocycles. The van der Waals surface area contributed by atoms with Crippen LogP contribution in [0.25, 0.3) is 0 Å². The van der Waals surface area contributed by atoms with E-state index < -0.39 is 0 Å². The number of amides is 1. The maximum absolute atomic E-state index is 12.2. The zero-order chi connectivity index (χ0) is 15.4. The van der Waals surface area contributed by atoms with Crippen LogP contribution in [0.3, 0.4) is 0 Å². The molecule has 0 aliphatic carbocycles. The molecule has 1 aromatic carbocycles. The summed E-state index contributed by atoms with van der Waals surface area (Å²) in [5.74, 6) is 0.377. The Morgan fingerprint density at radius 3 is 2.68 bits per heavy atom. The summed E-state index contributed by atoms with van der Waals surface area (Å²) in [7, 11) is 0. The van der Waals surface area contributed by atoms with Gasteiger partial charge in [0, 0.05) is 11.3 Å². The summed E-state index contributed by atoms with van der Waals surface area (Å²) in [6.45, 7) is 2.51. The molecule has 6 heteroatoms. The fraction of sp³-hybridized carbons (Fsp3) is 0.125. The summed E-state index contributed by atoms with van der Waals surface area (Å²) in [5.41, 5.74) is 2.50. The van der Waals surface area contributed by atoms with Gasteiger partial charge in [0.25, 0.3) is 5.91 Å². The smallest absolute Gasteiger partial charge is 0.256 e. The minimum Gasteiger partial charge on any atom is -0.307 e. The van der Waals surface area contributed by atoms with Gasteiger partial charge in [-0.2, -0.15) is 5.10 Å². The van der Waals surface area contributed by atoms with Gasteiger partial charge in [0.2, 0.25) is 0 Å². The topological polar surface area (TPSA) is 72.7 Å². The van der Waals surface area contributed by atoms with Crippen LogP contribution in [0, 0.1) is 6.92 Å². The summed E-state index contributed by atoms with van der Waals surface area (Å²) in [6, 6.07) is 12.9. The highest BCUT2D eigenvalue weighted by Gasteiger charge is 2.07. The largest absolute Gasteiger partial charge is 0.307 e. The molecule has 3 aromatic rings. The van der Waals surface area contributed by atoms with Crippen molar-refractivity contribution in [2.45, 2.75) is 13.5 Å². The fourth-order valence-electron chi connectivity index (χ4n) is 2.06. The molecule has 3 rings (SSSR count). The number of carbonyl (C=O) groups excluding carboxylic acids is 1. The maximum atomic E-state index is 12.2. The number of nitrogens with zero attached hydrogens (tertiary/aromatic N) is 4. The van der Waals surface area contributed by atoms with Crippen molar-refractivity contribution in [3.8, 4) is 0 Å². The molecule has 0 bridgehead atoms. The monoisotopic (exact) mass is 293 g/mol. The summed E-state index contributed by atoms with van der Waals surface area (Å²) >= 11 is 0.